The average molecular weight is 564 g/mol. The van der Waals surface area contributed by atoms with Crippen molar-refractivity contribution >= 4 is 34.4 Å². The molecule has 0 unspecified atom stereocenters. The topological polar surface area (TPSA) is 116 Å². The molecule has 0 spiro atoms. The number of hydrogen-bond acceptors (Lipinski definition) is 5. The predicted octanol–water partition coefficient (Wildman–Crippen LogP) is 3.63. The Morgan fingerprint density at radius 3 is 2.61 bits per heavy atom. The quantitative estimate of drug-likeness (QED) is 0.387. The molecule has 0 radical (unpaired) electrons. The number of amides is 4. The summed E-state index contributed by atoms with van der Waals surface area (Å²) in [4.78, 5) is 42.6. The van der Waals surface area contributed by atoms with E-state index in [1.165, 1.54) is 0 Å². The predicted molar refractivity (Wildman–Crippen MR) is 159 cm³/mol. The highest BCUT2D eigenvalue weighted by Crippen LogP contribution is 2.31. The van der Waals surface area contributed by atoms with Crippen LogP contribution in [0, 0.1) is 5.92 Å². The summed E-state index contributed by atoms with van der Waals surface area (Å²) in [6.45, 7) is 8.00. The smallest absolute Gasteiger partial charge is 0.317 e. The molecule has 4 amide bonds. The van der Waals surface area contributed by atoms with Crippen molar-refractivity contribution in [2.24, 2.45) is 13.0 Å². The number of aliphatic hydroxyl groups excluding tert-OH is 1. The molecule has 0 saturated heterocycles. The van der Waals surface area contributed by atoms with Gasteiger partial charge in [0.1, 0.15) is 11.9 Å². The van der Waals surface area contributed by atoms with Gasteiger partial charge in [0.15, 0.2) is 0 Å². The standard InChI is InChI=1S/C31H41N5O5/c1-19(2)32-31(40)35(6)17-28-20(3)15-36(21(4)18-37)30(39)25-14-23(11-12-27(25)41-28)33-29(38)13-22-16-34(5)26-10-8-7-9-24(22)26/h7-12,14,16,19-21,28,37H,13,15,17-18H2,1-6H3,(H,32,40)(H,33,38)/t20-,21-,28+/m0/s1. The van der Waals surface area contributed by atoms with Gasteiger partial charge in [0, 0.05) is 55.4 Å². The van der Waals surface area contributed by atoms with E-state index >= 15 is 0 Å². The first kappa shape index (κ1) is 29.9. The van der Waals surface area contributed by atoms with Crippen LogP contribution in [0.4, 0.5) is 10.5 Å². The zero-order valence-corrected chi connectivity index (χ0v) is 24.7. The van der Waals surface area contributed by atoms with Crippen LogP contribution in [-0.2, 0) is 18.3 Å². The molecule has 3 aromatic rings. The molecular formula is C31H41N5O5. The fraction of sp³-hybridized carbons (Fsp3) is 0.452. The number of nitrogens with one attached hydrogen (secondary N) is 2. The van der Waals surface area contributed by atoms with E-state index in [0.717, 1.165) is 16.5 Å². The van der Waals surface area contributed by atoms with Gasteiger partial charge in [-0.2, -0.15) is 0 Å². The van der Waals surface area contributed by atoms with Gasteiger partial charge in [-0.05, 0) is 50.6 Å². The lowest BCUT2D eigenvalue weighted by Gasteiger charge is -2.38. The molecule has 2 heterocycles. The van der Waals surface area contributed by atoms with Crippen molar-refractivity contribution in [1.29, 1.82) is 0 Å². The second-order valence-electron chi connectivity index (χ2n) is 11.3. The van der Waals surface area contributed by atoms with E-state index in [4.69, 9.17) is 4.74 Å². The van der Waals surface area contributed by atoms with E-state index in [1.54, 1.807) is 42.0 Å². The number of hydrogen-bond donors (Lipinski definition) is 3. The van der Waals surface area contributed by atoms with E-state index < -0.39 is 12.1 Å². The summed E-state index contributed by atoms with van der Waals surface area (Å²) in [6, 6.07) is 12.3. The van der Waals surface area contributed by atoms with Crippen molar-refractivity contribution in [2.45, 2.75) is 52.3 Å². The van der Waals surface area contributed by atoms with Crippen LogP contribution in [0.25, 0.3) is 10.9 Å². The van der Waals surface area contributed by atoms with Crippen LogP contribution in [0.15, 0.2) is 48.7 Å². The maximum Gasteiger partial charge on any atom is 0.317 e. The first-order valence-corrected chi connectivity index (χ1v) is 14.0. The van der Waals surface area contributed by atoms with Crippen LogP contribution < -0.4 is 15.4 Å². The molecule has 0 aliphatic carbocycles. The Morgan fingerprint density at radius 1 is 1.17 bits per heavy atom. The minimum absolute atomic E-state index is 0.00545. The Hall–Kier alpha value is -4.05. The lowest BCUT2D eigenvalue weighted by molar-refractivity contribution is -0.115. The normalized spacial score (nSPS) is 17.9. The molecule has 3 N–H and O–H groups in total. The maximum absolute atomic E-state index is 13.7. The molecule has 0 fully saturated rings. The van der Waals surface area contributed by atoms with Gasteiger partial charge in [0.25, 0.3) is 5.91 Å². The second-order valence-corrected chi connectivity index (χ2v) is 11.3. The molecule has 3 atom stereocenters. The Kier molecular flexibility index (Phi) is 9.22. The first-order valence-electron chi connectivity index (χ1n) is 14.0. The SMILES string of the molecule is CC(C)NC(=O)N(C)C[C@H]1Oc2ccc(NC(=O)Cc3cn(C)c4ccccc34)cc2C(=O)N([C@@H](C)CO)C[C@@H]1C. The number of para-hydroxylation sites is 1. The van der Waals surface area contributed by atoms with Gasteiger partial charge in [0.05, 0.1) is 31.2 Å². The fourth-order valence-corrected chi connectivity index (χ4v) is 5.17. The number of nitrogens with zero attached hydrogens (tertiary/aromatic N) is 3. The molecule has 1 aromatic heterocycles. The Balaban J connectivity index is 1.59. The Morgan fingerprint density at radius 2 is 1.90 bits per heavy atom. The van der Waals surface area contributed by atoms with Crippen LogP contribution in [0.3, 0.4) is 0 Å². The number of benzene rings is 2. The van der Waals surface area contributed by atoms with Crippen molar-refractivity contribution in [1.82, 2.24) is 19.7 Å². The summed E-state index contributed by atoms with van der Waals surface area (Å²) in [7, 11) is 3.66. The maximum atomic E-state index is 13.7. The van der Waals surface area contributed by atoms with Gasteiger partial charge in [-0.3, -0.25) is 9.59 Å². The number of carbonyl (C=O) groups is 3. The van der Waals surface area contributed by atoms with Gasteiger partial charge >= 0.3 is 6.03 Å². The van der Waals surface area contributed by atoms with Crippen molar-refractivity contribution in [2.75, 3.05) is 32.1 Å². The number of ether oxygens (including phenoxy) is 1. The molecule has 10 heteroatoms. The van der Waals surface area contributed by atoms with Crippen LogP contribution in [0.1, 0.15) is 43.6 Å². The van der Waals surface area contributed by atoms with E-state index in [2.05, 4.69) is 10.6 Å². The monoisotopic (exact) mass is 563 g/mol. The zero-order chi connectivity index (χ0) is 29.8. The third kappa shape index (κ3) is 6.82. The summed E-state index contributed by atoms with van der Waals surface area (Å²) in [5.74, 6) is -0.254. The fourth-order valence-electron chi connectivity index (χ4n) is 5.17. The number of likely N-dealkylation sites (N-methyl/N-ethyl adjacent to an activating group) is 1. The average Bonchev–Trinajstić information content (AvgIpc) is 3.24. The largest absolute Gasteiger partial charge is 0.487 e. The van der Waals surface area contributed by atoms with Gasteiger partial charge in [-0.1, -0.05) is 25.1 Å². The van der Waals surface area contributed by atoms with Crippen LogP contribution in [0.5, 0.6) is 5.75 Å². The molecule has 0 saturated carbocycles. The van der Waals surface area contributed by atoms with Crippen LogP contribution >= 0.6 is 0 Å². The lowest BCUT2D eigenvalue weighted by atomic mass is 9.99. The third-order valence-corrected chi connectivity index (χ3v) is 7.49. The number of anilines is 1. The van der Waals surface area contributed by atoms with E-state index in [9.17, 15) is 19.5 Å². The van der Waals surface area contributed by atoms with Crippen LogP contribution in [0.2, 0.25) is 0 Å². The summed E-state index contributed by atoms with van der Waals surface area (Å²) >= 11 is 0. The van der Waals surface area contributed by atoms with Gasteiger partial charge in [-0.25, -0.2) is 4.79 Å². The number of aliphatic hydroxyl groups is 1. The Labute approximate surface area is 241 Å². The third-order valence-electron chi connectivity index (χ3n) is 7.49. The summed E-state index contributed by atoms with van der Waals surface area (Å²) in [5, 5.41) is 16.7. The molecule has 41 heavy (non-hydrogen) atoms. The van der Waals surface area contributed by atoms with E-state index in [-0.39, 0.29) is 42.8 Å². The zero-order valence-electron chi connectivity index (χ0n) is 24.7. The molecule has 10 nitrogen and oxygen atoms in total. The lowest BCUT2D eigenvalue weighted by Crippen LogP contribution is -2.51. The Bertz CT molecular complexity index is 1420. The van der Waals surface area contributed by atoms with E-state index in [1.807, 2.05) is 62.8 Å². The summed E-state index contributed by atoms with van der Waals surface area (Å²) in [6.07, 6.45) is 1.72. The van der Waals surface area contributed by atoms with Gasteiger partial charge in [0.2, 0.25) is 5.91 Å². The minimum Gasteiger partial charge on any atom is -0.487 e. The molecule has 4 rings (SSSR count). The highest BCUT2D eigenvalue weighted by molar-refractivity contribution is 6.00. The van der Waals surface area contributed by atoms with E-state index in [0.29, 0.717) is 30.1 Å². The molecule has 220 valence electrons. The number of aromatic nitrogens is 1. The van der Waals surface area contributed by atoms with Crippen molar-refractivity contribution in [3.63, 3.8) is 0 Å². The van der Waals surface area contributed by atoms with Gasteiger partial charge < -0.3 is 34.8 Å². The van der Waals surface area contributed by atoms with Crippen molar-refractivity contribution in [3.8, 4) is 5.75 Å². The number of aryl methyl sites for hydroxylation is 1. The highest BCUT2D eigenvalue weighted by atomic mass is 16.5. The highest BCUT2D eigenvalue weighted by Gasteiger charge is 2.34. The minimum atomic E-state index is -0.428. The summed E-state index contributed by atoms with van der Waals surface area (Å²) in [5.41, 5.74) is 2.73. The first-order chi connectivity index (χ1) is 19.5. The number of rotatable bonds is 8. The molecule has 1 aliphatic heterocycles. The molecule has 1 aliphatic rings. The number of urea groups is 1. The summed E-state index contributed by atoms with van der Waals surface area (Å²) < 4.78 is 8.36. The van der Waals surface area contributed by atoms with Crippen LogP contribution in [-0.4, -0.2) is 82.3 Å². The molecule has 0 bridgehead atoms. The number of carbonyl (C=O) groups excluding carboxylic acids is 3. The molecular weight excluding hydrogens is 522 g/mol. The van der Waals surface area contributed by atoms with Crippen molar-refractivity contribution in [3.05, 3.63) is 59.8 Å². The second kappa shape index (κ2) is 12.6. The number of fused-ring (bicyclic) bond motifs is 2. The molecule has 2 aromatic carbocycles. The van der Waals surface area contributed by atoms with Gasteiger partial charge in [-0.15, -0.1) is 0 Å². The van der Waals surface area contributed by atoms with Crippen molar-refractivity contribution < 1.29 is 24.2 Å².